The number of halogens is 2. The van der Waals surface area contributed by atoms with E-state index in [-0.39, 0.29) is 31.9 Å². The number of likely N-dealkylation sites (N-methyl/N-ethyl adjacent to an activating group) is 1. The number of hydrogen-bond acceptors (Lipinski definition) is 7. The van der Waals surface area contributed by atoms with Crippen LogP contribution in [0, 0.1) is 10.1 Å². The fourth-order valence-corrected chi connectivity index (χ4v) is 5.83. The number of aromatic hydroxyl groups is 1. The predicted molar refractivity (Wildman–Crippen MR) is 146 cm³/mol. The van der Waals surface area contributed by atoms with Gasteiger partial charge in [-0.15, -0.1) is 0 Å². The largest absolute Gasteiger partial charge is 0.506 e. The van der Waals surface area contributed by atoms with E-state index in [2.05, 4.69) is 20.9 Å². The van der Waals surface area contributed by atoms with E-state index < -0.39 is 16.5 Å². The Balaban J connectivity index is 1.99. The number of benzene rings is 2. The average molecular weight is 606 g/mol. The summed E-state index contributed by atoms with van der Waals surface area (Å²) in [5.74, 6) is -0.458. The number of rotatable bonds is 6. The van der Waals surface area contributed by atoms with Crippen LogP contribution in [0.15, 0.2) is 61.9 Å². The standard InChI is InChI=1S/C25H22BrClN4O5S/c1-4-29(5-2)24(34)20-13(3)28-25-30(21(20)14-6-8-16(27)9-7-14)23(33)19(37-25)11-15-10-17(31(35)36)12-18(26)22(15)32/h6-12,21,32H,4-5H2,1-3H3/b19-11+/t21-/m0/s1. The fourth-order valence-electron chi connectivity index (χ4n) is 4.20. The van der Waals surface area contributed by atoms with Crippen LogP contribution in [0.4, 0.5) is 5.69 Å². The third-order valence-corrected chi connectivity index (χ3v) is 7.90. The number of fused-ring (bicyclic) bond motifs is 1. The maximum atomic E-state index is 13.7. The topological polar surface area (TPSA) is 118 Å². The molecule has 0 saturated heterocycles. The average Bonchev–Trinajstić information content (AvgIpc) is 3.16. The number of nitro groups is 1. The number of phenolic OH excluding ortho intramolecular Hbond substituents is 1. The van der Waals surface area contributed by atoms with Gasteiger partial charge in [-0.05, 0) is 60.5 Å². The molecule has 1 amide bonds. The van der Waals surface area contributed by atoms with E-state index in [1.807, 2.05) is 13.8 Å². The first-order valence-corrected chi connectivity index (χ1v) is 13.3. The van der Waals surface area contributed by atoms with Crippen LogP contribution in [0.3, 0.4) is 0 Å². The molecule has 0 saturated carbocycles. The molecule has 12 heteroatoms. The maximum Gasteiger partial charge on any atom is 0.271 e. The van der Waals surface area contributed by atoms with Gasteiger partial charge in [0.05, 0.1) is 31.2 Å². The monoisotopic (exact) mass is 604 g/mol. The molecule has 192 valence electrons. The number of phenols is 1. The molecule has 0 fully saturated rings. The van der Waals surface area contributed by atoms with Gasteiger partial charge in [0.25, 0.3) is 17.2 Å². The summed E-state index contributed by atoms with van der Waals surface area (Å²) in [5, 5.41) is 22.3. The van der Waals surface area contributed by atoms with E-state index in [4.69, 9.17) is 11.6 Å². The van der Waals surface area contributed by atoms with E-state index in [0.29, 0.717) is 39.7 Å². The molecule has 1 atom stereocenters. The smallest absolute Gasteiger partial charge is 0.271 e. The van der Waals surface area contributed by atoms with Crippen molar-refractivity contribution < 1.29 is 14.8 Å². The summed E-state index contributed by atoms with van der Waals surface area (Å²) in [6, 6.07) is 8.54. The van der Waals surface area contributed by atoms with E-state index in [9.17, 15) is 24.8 Å². The molecule has 0 bridgehead atoms. The molecule has 0 unspecified atom stereocenters. The van der Waals surface area contributed by atoms with E-state index in [1.54, 1.807) is 36.1 Å². The Morgan fingerprint density at radius 1 is 1.30 bits per heavy atom. The number of nitrogens with zero attached hydrogens (tertiary/aromatic N) is 4. The summed E-state index contributed by atoms with van der Waals surface area (Å²) in [6.07, 6.45) is 1.39. The second-order valence-electron chi connectivity index (χ2n) is 8.23. The van der Waals surface area contributed by atoms with Crippen molar-refractivity contribution in [1.82, 2.24) is 9.47 Å². The van der Waals surface area contributed by atoms with E-state index in [0.717, 1.165) is 11.3 Å². The molecule has 0 spiro atoms. The molecule has 1 aromatic heterocycles. The molecular weight excluding hydrogens is 584 g/mol. The maximum absolute atomic E-state index is 13.7. The molecule has 0 aliphatic carbocycles. The predicted octanol–water partition coefficient (Wildman–Crippen LogP) is 4.13. The van der Waals surface area contributed by atoms with Gasteiger partial charge < -0.3 is 10.0 Å². The van der Waals surface area contributed by atoms with Crippen molar-refractivity contribution in [3.05, 3.63) is 98.1 Å². The summed E-state index contributed by atoms with van der Waals surface area (Å²) in [4.78, 5) is 44.7. The Bertz CT molecular complexity index is 1620. The Labute approximate surface area is 228 Å². The number of nitro benzene ring substituents is 1. The molecule has 1 aliphatic rings. The molecule has 2 aromatic carbocycles. The minimum atomic E-state index is -0.755. The first kappa shape index (κ1) is 26.8. The second-order valence-corrected chi connectivity index (χ2v) is 10.5. The van der Waals surface area contributed by atoms with Crippen molar-refractivity contribution in [3.63, 3.8) is 0 Å². The van der Waals surface area contributed by atoms with Gasteiger partial charge >= 0.3 is 0 Å². The molecule has 4 rings (SSSR count). The third kappa shape index (κ3) is 4.98. The van der Waals surface area contributed by atoms with Gasteiger partial charge in [0, 0.05) is 35.8 Å². The third-order valence-electron chi connectivity index (χ3n) is 6.06. The molecule has 1 N–H and O–H groups in total. The number of non-ortho nitro benzene ring substituents is 1. The molecule has 9 nitrogen and oxygen atoms in total. The molecule has 3 aromatic rings. The lowest BCUT2D eigenvalue weighted by Gasteiger charge is -2.29. The van der Waals surface area contributed by atoms with Crippen molar-refractivity contribution in [2.45, 2.75) is 26.8 Å². The van der Waals surface area contributed by atoms with Crippen LogP contribution < -0.4 is 14.9 Å². The van der Waals surface area contributed by atoms with Crippen LogP contribution in [-0.4, -0.2) is 38.5 Å². The molecular formula is C25H22BrClN4O5S. The summed E-state index contributed by atoms with van der Waals surface area (Å²) in [5.41, 5.74) is 0.970. The molecule has 0 radical (unpaired) electrons. The SMILES string of the molecule is CCN(CC)C(=O)C1=C(C)N=c2s/c(=C/c3cc([N+](=O)[O-])cc(Br)c3O)c(=O)n2[C@H]1c1ccc(Cl)cc1. The zero-order valence-corrected chi connectivity index (χ0v) is 23.2. The number of aromatic nitrogens is 1. The number of thiazole rings is 1. The van der Waals surface area contributed by atoms with Crippen molar-refractivity contribution in [1.29, 1.82) is 0 Å². The Morgan fingerprint density at radius 2 is 1.95 bits per heavy atom. The molecule has 2 heterocycles. The van der Waals surface area contributed by atoms with Gasteiger partial charge in [-0.3, -0.25) is 24.3 Å². The van der Waals surface area contributed by atoms with Crippen LogP contribution in [0.25, 0.3) is 6.08 Å². The first-order chi connectivity index (χ1) is 17.6. The highest BCUT2D eigenvalue weighted by atomic mass is 79.9. The molecule has 37 heavy (non-hydrogen) atoms. The number of amides is 1. The van der Waals surface area contributed by atoms with E-state index >= 15 is 0 Å². The Hall–Kier alpha value is -3.28. The Morgan fingerprint density at radius 3 is 2.54 bits per heavy atom. The second kappa shape index (κ2) is 10.6. The summed E-state index contributed by atoms with van der Waals surface area (Å²) < 4.78 is 1.78. The van der Waals surface area contributed by atoms with Gasteiger partial charge in [-0.1, -0.05) is 35.1 Å². The highest BCUT2D eigenvalue weighted by Gasteiger charge is 2.34. The van der Waals surface area contributed by atoms with Crippen LogP contribution in [0.5, 0.6) is 5.75 Å². The minimum Gasteiger partial charge on any atom is -0.506 e. The highest BCUT2D eigenvalue weighted by Crippen LogP contribution is 2.34. The van der Waals surface area contributed by atoms with Gasteiger partial charge in [-0.25, -0.2) is 4.99 Å². The zero-order valence-electron chi connectivity index (χ0n) is 20.1. The van der Waals surface area contributed by atoms with Crippen molar-refractivity contribution in [2.75, 3.05) is 13.1 Å². The summed E-state index contributed by atoms with van der Waals surface area (Å²) in [6.45, 7) is 6.48. The number of allylic oxidation sites excluding steroid dienone is 1. The lowest BCUT2D eigenvalue weighted by Crippen LogP contribution is -2.43. The zero-order chi connectivity index (χ0) is 27.0. The summed E-state index contributed by atoms with van der Waals surface area (Å²) >= 11 is 10.3. The normalized spacial score (nSPS) is 15.4. The lowest BCUT2D eigenvalue weighted by atomic mass is 9.94. The number of carbonyl (C=O) groups excluding carboxylic acids is 1. The number of hydrogen-bond donors (Lipinski definition) is 1. The van der Waals surface area contributed by atoms with E-state index in [1.165, 1.54) is 22.8 Å². The minimum absolute atomic E-state index is 0.101. The van der Waals surface area contributed by atoms with Crippen LogP contribution in [0.2, 0.25) is 5.02 Å². The van der Waals surface area contributed by atoms with Gasteiger partial charge in [0.2, 0.25) is 0 Å². The van der Waals surface area contributed by atoms with Crippen molar-refractivity contribution in [2.24, 2.45) is 4.99 Å². The van der Waals surface area contributed by atoms with Crippen molar-refractivity contribution >= 4 is 56.5 Å². The van der Waals surface area contributed by atoms with Gasteiger partial charge in [0.15, 0.2) is 4.80 Å². The molecule has 1 aliphatic heterocycles. The Kier molecular flexibility index (Phi) is 7.67. The highest BCUT2D eigenvalue weighted by molar-refractivity contribution is 9.10. The first-order valence-electron chi connectivity index (χ1n) is 11.3. The van der Waals surface area contributed by atoms with Crippen LogP contribution in [0.1, 0.15) is 37.9 Å². The summed E-state index contributed by atoms with van der Waals surface area (Å²) in [7, 11) is 0. The van der Waals surface area contributed by atoms with Gasteiger partial charge in [0.1, 0.15) is 5.75 Å². The van der Waals surface area contributed by atoms with Gasteiger partial charge in [-0.2, -0.15) is 0 Å². The quantitative estimate of drug-likeness (QED) is 0.335. The van der Waals surface area contributed by atoms with Crippen LogP contribution in [-0.2, 0) is 4.79 Å². The lowest BCUT2D eigenvalue weighted by molar-refractivity contribution is -0.385. The fraction of sp³-hybridized carbons (Fsp3) is 0.240. The number of carbonyl (C=O) groups is 1. The van der Waals surface area contributed by atoms with Crippen molar-refractivity contribution in [3.8, 4) is 5.75 Å². The van der Waals surface area contributed by atoms with Crippen LogP contribution >= 0.6 is 38.9 Å².